The number of nitrogens with one attached hydrogen (secondary N) is 1. The summed E-state index contributed by atoms with van der Waals surface area (Å²) in [6.07, 6.45) is 1.56. The minimum atomic E-state index is -0.469. The third-order valence-electron chi connectivity index (χ3n) is 4.04. The molecule has 1 amide bonds. The van der Waals surface area contributed by atoms with Crippen LogP contribution in [0, 0.1) is 5.82 Å². The third kappa shape index (κ3) is 4.66. The van der Waals surface area contributed by atoms with E-state index < -0.39 is 5.91 Å². The number of rotatable bonds is 7. The topological polar surface area (TPSA) is 81.9 Å². The minimum Gasteiger partial charge on any atom is -0.493 e. The van der Waals surface area contributed by atoms with Gasteiger partial charge in [0.1, 0.15) is 5.82 Å². The van der Waals surface area contributed by atoms with E-state index in [0.717, 1.165) is 10.1 Å². The highest BCUT2D eigenvalue weighted by atomic mass is 32.2. The maximum atomic E-state index is 13.1. The van der Waals surface area contributed by atoms with E-state index in [1.807, 2.05) is 30.3 Å². The van der Waals surface area contributed by atoms with Crippen molar-refractivity contribution in [2.45, 2.75) is 10.1 Å². The number of carbonyl (C=O) groups excluding carboxylic acids is 1. The van der Waals surface area contributed by atoms with Crippen molar-refractivity contribution in [3.63, 3.8) is 0 Å². The second-order valence-corrected chi connectivity index (χ2v) is 8.27. The van der Waals surface area contributed by atoms with Gasteiger partial charge in [-0.1, -0.05) is 53.4 Å². The SMILES string of the molecule is COc1cn(-c2ccc(F)cc2)nc1C(=O)Nc1nnc(SCc2ccccc2)s1. The van der Waals surface area contributed by atoms with Gasteiger partial charge in [-0.3, -0.25) is 10.1 Å². The van der Waals surface area contributed by atoms with Crippen LogP contribution in [0.15, 0.2) is 65.1 Å². The molecule has 0 aliphatic rings. The number of ether oxygens (including phenoxy) is 1. The minimum absolute atomic E-state index is 0.0931. The fourth-order valence-corrected chi connectivity index (χ4v) is 4.29. The number of thioether (sulfide) groups is 1. The summed E-state index contributed by atoms with van der Waals surface area (Å²) in [5.74, 6) is 0.232. The first-order valence-electron chi connectivity index (χ1n) is 8.83. The molecule has 2 heterocycles. The molecule has 152 valence electrons. The molecule has 2 aromatic carbocycles. The Bertz CT molecular complexity index is 1150. The van der Waals surface area contributed by atoms with Gasteiger partial charge in [-0.15, -0.1) is 10.2 Å². The largest absolute Gasteiger partial charge is 0.493 e. The Kier molecular flexibility index (Phi) is 6.05. The number of carbonyl (C=O) groups is 1. The lowest BCUT2D eigenvalue weighted by molar-refractivity contribution is 0.101. The van der Waals surface area contributed by atoms with Gasteiger partial charge in [-0.2, -0.15) is 5.10 Å². The van der Waals surface area contributed by atoms with Crippen molar-refractivity contribution in [1.82, 2.24) is 20.0 Å². The van der Waals surface area contributed by atoms with Crippen LogP contribution in [0.5, 0.6) is 5.75 Å². The molecule has 0 aliphatic carbocycles. The normalized spacial score (nSPS) is 10.7. The number of nitrogens with zero attached hydrogens (tertiary/aromatic N) is 4. The van der Waals surface area contributed by atoms with E-state index in [-0.39, 0.29) is 11.5 Å². The summed E-state index contributed by atoms with van der Waals surface area (Å²) >= 11 is 2.83. The Morgan fingerprint density at radius 1 is 1.17 bits per heavy atom. The molecule has 10 heteroatoms. The predicted octanol–water partition coefficient (Wildman–Crippen LogP) is 4.42. The lowest BCUT2D eigenvalue weighted by Gasteiger charge is -2.00. The highest BCUT2D eigenvalue weighted by molar-refractivity contribution is 8.00. The number of methoxy groups -OCH3 is 1. The van der Waals surface area contributed by atoms with Crippen LogP contribution < -0.4 is 10.1 Å². The van der Waals surface area contributed by atoms with Crippen LogP contribution in [0.3, 0.4) is 0 Å². The van der Waals surface area contributed by atoms with E-state index in [9.17, 15) is 9.18 Å². The van der Waals surface area contributed by atoms with Gasteiger partial charge in [0.05, 0.1) is 19.0 Å². The molecule has 0 spiro atoms. The smallest absolute Gasteiger partial charge is 0.281 e. The van der Waals surface area contributed by atoms with Gasteiger partial charge in [0.25, 0.3) is 5.91 Å². The van der Waals surface area contributed by atoms with Gasteiger partial charge in [0.2, 0.25) is 5.13 Å². The van der Waals surface area contributed by atoms with Gasteiger partial charge in [-0.05, 0) is 29.8 Å². The summed E-state index contributed by atoms with van der Waals surface area (Å²) in [7, 11) is 1.45. The standard InChI is InChI=1S/C20H16FN5O2S2/c1-28-16-11-26(15-9-7-14(21)8-10-15)25-17(16)18(27)22-19-23-24-20(30-19)29-12-13-5-3-2-4-6-13/h2-11H,12H2,1H3,(H,22,23,27). The molecular formula is C20H16FN5O2S2. The van der Waals surface area contributed by atoms with Crippen LogP contribution in [-0.2, 0) is 5.75 Å². The van der Waals surface area contributed by atoms with Crippen LogP contribution in [-0.4, -0.2) is 33.0 Å². The summed E-state index contributed by atoms with van der Waals surface area (Å²) in [5, 5.41) is 15.5. The van der Waals surface area contributed by atoms with Gasteiger partial charge < -0.3 is 4.74 Å². The molecular weight excluding hydrogens is 425 g/mol. The van der Waals surface area contributed by atoms with Gasteiger partial charge in [-0.25, -0.2) is 9.07 Å². The maximum Gasteiger partial charge on any atom is 0.281 e. The summed E-state index contributed by atoms with van der Waals surface area (Å²) in [6.45, 7) is 0. The highest BCUT2D eigenvalue weighted by Gasteiger charge is 2.20. The highest BCUT2D eigenvalue weighted by Crippen LogP contribution is 2.29. The Labute approximate surface area is 179 Å². The molecule has 0 fully saturated rings. The quantitative estimate of drug-likeness (QED) is 0.338. The van der Waals surface area contributed by atoms with Crippen molar-refractivity contribution in [3.8, 4) is 11.4 Å². The van der Waals surface area contributed by atoms with Crippen LogP contribution in [0.25, 0.3) is 5.69 Å². The fourth-order valence-electron chi connectivity index (χ4n) is 2.59. The molecule has 7 nitrogen and oxygen atoms in total. The van der Waals surface area contributed by atoms with E-state index >= 15 is 0 Å². The van der Waals surface area contributed by atoms with Gasteiger partial charge in [0.15, 0.2) is 15.8 Å². The molecule has 0 unspecified atom stereocenters. The molecule has 2 aromatic heterocycles. The molecule has 0 saturated carbocycles. The van der Waals surface area contributed by atoms with Crippen LogP contribution in [0.1, 0.15) is 16.1 Å². The summed E-state index contributed by atoms with van der Waals surface area (Å²) < 4.78 is 20.6. The van der Waals surface area contributed by atoms with E-state index in [1.165, 1.54) is 40.8 Å². The number of aromatic nitrogens is 4. The number of amides is 1. The summed E-state index contributed by atoms with van der Waals surface area (Å²) in [4.78, 5) is 12.7. The molecule has 0 radical (unpaired) electrons. The first-order chi connectivity index (χ1) is 14.6. The Hall–Kier alpha value is -3.24. The molecule has 4 rings (SSSR count). The molecule has 0 atom stereocenters. The lowest BCUT2D eigenvalue weighted by atomic mass is 10.2. The first-order valence-corrected chi connectivity index (χ1v) is 10.6. The van der Waals surface area contributed by atoms with E-state index in [2.05, 4.69) is 20.6 Å². The van der Waals surface area contributed by atoms with Crippen molar-refractivity contribution >= 4 is 34.1 Å². The molecule has 0 aliphatic heterocycles. The Balaban J connectivity index is 1.45. The summed E-state index contributed by atoms with van der Waals surface area (Å²) in [5.41, 5.74) is 1.87. The van der Waals surface area contributed by atoms with Crippen LogP contribution in [0.4, 0.5) is 9.52 Å². The number of halogens is 1. The third-order valence-corrected chi connectivity index (χ3v) is 6.08. The average molecular weight is 442 g/mol. The lowest BCUT2D eigenvalue weighted by Crippen LogP contribution is -2.14. The molecule has 0 bridgehead atoms. The van der Waals surface area contributed by atoms with E-state index in [0.29, 0.717) is 16.6 Å². The molecule has 4 aromatic rings. The second-order valence-electron chi connectivity index (χ2n) is 6.07. The number of anilines is 1. The molecule has 0 saturated heterocycles. The first kappa shape index (κ1) is 20.0. The van der Waals surface area contributed by atoms with E-state index in [4.69, 9.17) is 4.74 Å². The number of hydrogen-bond acceptors (Lipinski definition) is 7. The number of hydrogen-bond donors (Lipinski definition) is 1. The Morgan fingerprint density at radius 3 is 2.67 bits per heavy atom. The van der Waals surface area contributed by atoms with Crippen molar-refractivity contribution in [2.75, 3.05) is 12.4 Å². The fraction of sp³-hybridized carbons (Fsp3) is 0.100. The monoisotopic (exact) mass is 441 g/mol. The van der Waals surface area contributed by atoms with Gasteiger partial charge >= 0.3 is 0 Å². The van der Waals surface area contributed by atoms with Crippen LogP contribution >= 0.6 is 23.1 Å². The zero-order valence-electron chi connectivity index (χ0n) is 15.8. The number of benzene rings is 2. The van der Waals surface area contributed by atoms with Crippen LogP contribution in [0.2, 0.25) is 0 Å². The zero-order valence-corrected chi connectivity index (χ0v) is 17.4. The van der Waals surface area contributed by atoms with Crippen molar-refractivity contribution < 1.29 is 13.9 Å². The maximum absolute atomic E-state index is 13.1. The molecule has 1 N–H and O–H groups in total. The van der Waals surface area contributed by atoms with Crippen molar-refractivity contribution in [2.24, 2.45) is 0 Å². The second kappa shape index (κ2) is 9.06. The van der Waals surface area contributed by atoms with Crippen molar-refractivity contribution in [1.29, 1.82) is 0 Å². The predicted molar refractivity (Wildman–Crippen MR) is 114 cm³/mol. The van der Waals surface area contributed by atoms with E-state index in [1.54, 1.807) is 30.1 Å². The summed E-state index contributed by atoms with van der Waals surface area (Å²) in [6, 6.07) is 15.8. The van der Waals surface area contributed by atoms with Crippen molar-refractivity contribution in [3.05, 3.63) is 77.9 Å². The average Bonchev–Trinajstić information content (AvgIpc) is 3.40. The molecule has 30 heavy (non-hydrogen) atoms. The van der Waals surface area contributed by atoms with Gasteiger partial charge in [0, 0.05) is 5.75 Å². The Morgan fingerprint density at radius 2 is 1.93 bits per heavy atom. The zero-order chi connectivity index (χ0) is 20.9.